The van der Waals surface area contributed by atoms with E-state index in [9.17, 15) is 0 Å². The van der Waals surface area contributed by atoms with Crippen LogP contribution in [0.1, 0.15) is 13.8 Å². The first kappa shape index (κ1) is 24.2. The predicted octanol–water partition coefficient (Wildman–Crippen LogP) is 1.71. The summed E-state index contributed by atoms with van der Waals surface area (Å²) < 4.78 is 15.8. The van der Waals surface area contributed by atoms with E-state index >= 15 is 0 Å². The van der Waals surface area contributed by atoms with Crippen molar-refractivity contribution in [2.75, 3.05) is 26.4 Å². The summed E-state index contributed by atoms with van der Waals surface area (Å²) in [4.78, 5) is 9.29. The number of rotatable bonds is 7. The molecule has 28 heavy (non-hydrogen) atoms. The second kappa shape index (κ2) is 12.6. The molecule has 0 radical (unpaired) electrons. The van der Waals surface area contributed by atoms with Gasteiger partial charge in [-0.3, -0.25) is 0 Å². The van der Waals surface area contributed by atoms with Gasteiger partial charge >= 0.3 is 18.9 Å². The summed E-state index contributed by atoms with van der Waals surface area (Å²) in [5.41, 5.74) is 3.33. The fraction of sp³-hybridized carbons (Fsp3) is 0.318. The molecular formula is C22H27LiN2O3-2. The van der Waals surface area contributed by atoms with Gasteiger partial charge in [0.15, 0.2) is 0 Å². The number of fused-ring (bicyclic) bond motifs is 2. The minimum Gasteiger partial charge on any atom is -0.525 e. The van der Waals surface area contributed by atoms with Crippen molar-refractivity contribution in [3.05, 3.63) is 57.2 Å². The van der Waals surface area contributed by atoms with E-state index in [1.54, 1.807) is 0 Å². The summed E-state index contributed by atoms with van der Waals surface area (Å²) in [6.45, 7) is 16.9. The predicted molar refractivity (Wildman–Crippen MR) is 110 cm³/mol. The molecule has 0 aliphatic rings. The summed E-state index contributed by atoms with van der Waals surface area (Å²) in [5, 5.41) is 0. The van der Waals surface area contributed by atoms with Crippen LogP contribution in [0.4, 0.5) is 0 Å². The monoisotopic (exact) mass is 374 g/mol. The van der Waals surface area contributed by atoms with Crippen LogP contribution in [0.15, 0.2) is 36.4 Å². The van der Waals surface area contributed by atoms with Crippen LogP contribution in [0.2, 0.25) is 0 Å². The quantitative estimate of drug-likeness (QED) is 0.358. The molecule has 1 aromatic heterocycles. The third-order valence-corrected chi connectivity index (χ3v) is 3.52. The summed E-state index contributed by atoms with van der Waals surface area (Å²) in [7, 11) is 0. The van der Waals surface area contributed by atoms with Crippen molar-refractivity contribution < 1.29 is 33.1 Å². The van der Waals surface area contributed by atoms with Crippen molar-refractivity contribution in [3.8, 4) is 11.5 Å². The van der Waals surface area contributed by atoms with Crippen molar-refractivity contribution in [3.63, 3.8) is 0 Å². The van der Waals surface area contributed by atoms with Crippen molar-refractivity contribution in [2.45, 2.75) is 13.8 Å². The Hall–Kier alpha value is -1.80. The Kier molecular flexibility index (Phi) is 10.9. The molecule has 1 heterocycles. The average Bonchev–Trinajstić information content (AvgIpc) is 2.66. The largest absolute Gasteiger partial charge is 1.00 e. The van der Waals surface area contributed by atoms with Crippen LogP contribution in [0, 0.1) is 26.7 Å². The van der Waals surface area contributed by atoms with Gasteiger partial charge in [-0.1, -0.05) is 27.1 Å². The van der Waals surface area contributed by atoms with Crippen molar-refractivity contribution in [1.29, 1.82) is 0 Å². The van der Waals surface area contributed by atoms with Crippen LogP contribution in [-0.2, 0) is 4.74 Å². The third kappa shape index (κ3) is 7.31. The third-order valence-electron chi connectivity index (χ3n) is 3.52. The summed E-state index contributed by atoms with van der Waals surface area (Å²) in [5.74, 6) is 2.06. The van der Waals surface area contributed by atoms with Gasteiger partial charge in [0.2, 0.25) is 0 Å². The Morgan fingerprint density at radius 2 is 1.25 bits per heavy atom. The summed E-state index contributed by atoms with van der Waals surface area (Å²) >= 11 is 0. The van der Waals surface area contributed by atoms with Crippen LogP contribution in [0.25, 0.3) is 22.1 Å². The van der Waals surface area contributed by atoms with E-state index in [4.69, 9.17) is 9.47 Å². The van der Waals surface area contributed by atoms with E-state index in [2.05, 4.69) is 49.3 Å². The van der Waals surface area contributed by atoms with E-state index in [0.717, 1.165) is 33.6 Å². The van der Waals surface area contributed by atoms with Gasteiger partial charge < -0.3 is 35.0 Å². The molecule has 3 aromatic rings. The molecule has 5 nitrogen and oxygen atoms in total. The molecule has 0 N–H and O–H groups in total. The van der Waals surface area contributed by atoms with Gasteiger partial charge in [-0.25, -0.2) is 9.97 Å². The second-order valence-corrected chi connectivity index (χ2v) is 6.19. The maximum Gasteiger partial charge on any atom is 1.00 e. The minimum atomic E-state index is 0. The molecule has 6 heteroatoms. The van der Waals surface area contributed by atoms with Crippen LogP contribution in [-0.4, -0.2) is 36.4 Å². The van der Waals surface area contributed by atoms with E-state index in [1.165, 1.54) is 0 Å². The SMILES string of the molecule is [CH2-]COC[CH2-].[CH2-]COc1ccc2nc3ccc(OCC(C)C)cc3nc2c1.[Li+]. The van der Waals surface area contributed by atoms with Gasteiger partial charge in [0, 0.05) is 12.1 Å². The molecule has 3 rings (SSSR count). The van der Waals surface area contributed by atoms with Crippen LogP contribution >= 0.6 is 0 Å². The molecule has 146 valence electrons. The number of hydrogen-bond acceptors (Lipinski definition) is 5. The smallest absolute Gasteiger partial charge is 0.525 e. The molecule has 0 fully saturated rings. The number of aromatic nitrogens is 2. The first-order valence-electron chi connectivity index (χ1n) is 9.00. The molecule has 0 amide bonds. The van der Waals surface area contributed by atoms with Crippen LogP contribution in [0.5, 0.6) is 11.5 Å². The summed E-state index contributed by atoms with van der Waals surface area (Å²) in [6, 6.07) is 11.5. The van der Waals surface area contributed by atoms with Crippen molar-refractivity contribution >= 4 is 22.1 Å². The molecule has 0 saturated carbocycles. The topological polar surface area (TPSA) is 53.5 Å². The minimum absolute atomic E-state index is 0. The Bertz CT molecular complexity index is 854. The molecule has 2 aromatic carbocycles. The molecule has 0 spiro atoms. The molecule has 0 saturated heterocycles. The molecule has 0 bridgehead atoms. The fourth-order valence-electron chi connectivity index (χ4n) is 2.30. The Morgan fingerprint density at radius 3 is 1.68 bits per heavy atom. The molecule has 0 atom stereocenters. The van der Waals surface area contributed by atoms with Crippen molar-refractivity contribution in [2.24, 2.45) is 5.92 Å². The second-order valence-electron chi connectivity index (χ2n) is 6.19. The fourth-order valence-corrected chi connectivity index (χ4v) is 2.30. The van der Waals surface area contributed by atoms with Gasteiger partial charge in [-0.05, 0) is 36.8 Å². The van der Waals surface area contributed by atoms with Gasteiger partial charge in [0.25, 0.3) is 0 Å². The molecular weight excluding hydrogens is 347 g/mol. The van der Waals surface area contributed by atoms with Crippen molar-refractivity contribution in [1.82, 2.24) is 9.97 Å². The van der Waals surface area contributed by atoms with Gasteiger partial charge in [-0.2, -0.15) is 0 Å². The zero-order valence-corrected chi connectivity index (χ0v) is 17.1. The maximum absolute atomic E-state index is 5.75. The van der Waals surface area contributed by atoms with E-state index < -0.39 is 0 Å². The normalized spacial score (nSPS) is 10.4. The Balaban J connectivity index is 0.000000584. The number of hydrogen-bond donors (Lipinski definition) is 0. The molecule has 0 unspecified atom stereocenters. The standard InChI is InChI=1S/C18H19N2O2.C4H8O.Li/c1-4-21-13-5-7-15-17(9-13)20-18-10-14(22-11-12(2)3)6-8-16(18)19-15;1-3-5-4-2;/h5-10,12H,1,4,11H2,2-3H3;1-4H2;/q-1;-2;+1. The van der Waals surface area contributed by atoms with E-state index in [0.29, 0.717) is 32.3 Å². The van der Waals surface area contributed by atoms with Gasteiger partial charge in [0.05, 0.1) is 28.7 Å². The van der Waals surface area contributed by atoms with Gasteiger partial charge in [0.1, 0.15) is 11.5 Å². The Morgan fingerprint density at radius 1 is 0.750 bits per heavy atom. The first-order chi connectivity index (χ1) is 13.1. The van der Waals surface area contributed by atoms with Crippen LogP contribution < -0.4 is 28.3 Å². The average molecular weight is 374 g/mol. The Labute approximate surface area is 180 Å². The number of nitrogens with zero attached hydrogens (tertiary/aromatic N) is 2. The molecule has 0 aliphatic carbocycles. The zero-order chi connectivity index (χ0) is 19.6. The summed E-state index contributed by atoms with van der Waals surface area (Å²) in [6.07, 6.45) is 0. The number of benzene rings is 2. The van der Waals surface area contributed by atoms with E-state index in [-0.39, 0.29) is 18.9 Å². The molecule has 0 aliphatic heterocycles. The zero-order valence-electron chi connectivity index (χ0n) is 17.1. The first-order valence-corrected chi connectivity index (χ1v) is 9.00. The number of ether oxygens (including phenoxy) is 3. The maximum atomic E-state index is 5.75. The van der Waals surface area contributed by atoms with Gasteiger partial charge in [-0.15, -0.1) is 0 Å². The van der Waals surface area contributed by atoms with Crippen LogP contribution in [0.3, 0.4) is 0 Å². The van der Waals surface area contributed by atoms with E-state index in [1.807, 2.05) is 36.4 Å².